The summed E-state index contributed by atoms with van der Waals surface area (Å²) >= 11 is 5.88. The number of rotatable bonds is 4. The van der Waals surface area contributed by atoms with Crippen molar-refractivity contribution in [2.75, 3.05) is 0 Å². The summed E-state index contributed by atoms with van der Waals surface area (Å²) in [5.41, 5.74) is 1.50. The molecule has 23 heavy (non-hydrogen) atoms. The topological polar surface area (TPSA) is 46.4 Å². The Morgan fingerprint density at radius 3 is 2.87 bits per heavy atom. The third-order valence-corrected chi connectivity index (χ3v) is 3.86. The molecule has 0 radical (unpaired) electrons. The molecule has 0 fully saturated rings. The molecule has 0 aliphatic carbocycles. The highest BCUT2D eigenvalue weighted by Crippen LogP contribution is 2.16. The molecule has 0 saturated heterocycles. The summed E-state index contributed by atoms with van der Waals surface area (Å²) in [7, 11) is 0. The van der Waals surface area contributed by atoms with Crippen molar-refractivity contribution in [3.05, 3.63) is 81.1 Å². The predicted octanol–water partition coefficient (Wildman–Crippen LogP) is 3.34. The summed E-state index contributed by atoms with van der Waals surface area (Å²) in [5.74, 6) is -0.256. The van der Waals surface area contributed by atoms with Gasteiger partial charge in [0.2, 0.25) is 0 Å². The maximum atomic E-state index is 13.8. The van der Waals surface area contributed by atoms with Crippen LogP contribution in [0.2, 0.25) is 5.02 Å². The van der Waals surface area contributed by atoms with Gasteiger partial charge in [-0.05, 0) is 25.1 Å². The van der Waals surface area contributed by atoms with E-state index in [4.69, 9.17) is 11.6 Å². The molecular formula is C17H15ClFN3O. The quantitative estimate of drug-likeness (QED) is 0.797. The van der Waals surface area contributed by atoms with E-state index in [2.05, 4.69) is 10.3 Å². The van der Waals surface area contributed by atoms with Gasteiger partial charge in [-0.2, -0.15) is 0 Å². The normalized spacial score (nSPS) is 12.5. The zero-order valence-electron chi connectivity index (χ0n) is 12.5. The second kappa shape index (κ2) is 6.48. The summed E-state index contributed by atoms with van der Waals surface area (Å²) in [4.78, 5) is 16.5. The van der Waals surface area contributed by atoms with E-state index >= 15 is 0 Å². The summed E-state index contributed by atoms with van der Waals surface area (Å²) in [6.45, 7) is 2.23. The van der Waals surface area contributed by atoms with Crippen molar-refractivity contribution in [2.45, 2.75) is 19.5 Å². The predicted molar refractivity (Wildman–Crippen MR) is 88.1 cm³/mol. The molecule has 118 valence electrons. The van der Waals surface area contributed by atoms with Gasteiger partial charge in [0.25, 0.3) is 5.56 Å². The number of hydrogen-bond acceptors (Lipinski definition) is 3. The molecule has 0 spiro atoms. The minimum Gasteiger partial charge on any atom is -0.304 e. The van der Waals surface area contributed by atoms with E-state index in [0.717, 1.165) is 0 Å². The molecule has 0 aliphatic heterocycles. The minimum absolute atomic E-state index is 0.193. The molecule has 2 aromatic heterocycles. The fourth-order valence-corrected chi connectivity index (χ4v) is 2.57. The number of benzene rings is 1. The lowest BCUT2D eigenvalue weighted by Crippen LogP contribution is -2.22. The van der Waals surface area contributed by atoms with Crippen molar-refractivity contribution in [3.63, 3.8) is 0 Å². The number of pyridine rings is 1. The smallest absolute Gasteiger partial charge is 0.258 e. The zero-order valence-corrected chi connectivity index (χ0v) is 13.2. The molecule has 0 bridgehead atoms. The SMILES string of the molecule is CC(NCc1cc(=O)n2cc(Cl)ccc2n1)c1ccccc1F. The minimum atomic E-state index is -0.256. The van der Waals surface area contributed by atoms with Crippen LogP contribution >= 0.6 is 11.6 Å². The fourth-order valence-electron chi connectivity index (χ4n) is 2.41. The molecule has 3 rings (SSSR count). The summed E-state index contributed by atoms with van der Waals surface area (Å²) in [5, 5.41) is 3.66. The second-order valence-corrected chi connectivity index (χ2v) is 5.72. The molecule has 0 saturated carbocycles. The molecule has 1 N–H and O–H groups in total. The average molecular weight is 332 g/mol. The number of aromatic nitrogens is 2. The van der Waals surface area contributed by atoms with Gasteiger partial charge in [0.05, 0.1) is 10.7 Å². The van der Waals surface area contributed by atoms with Crippen LogP contribution in [0, 0.1) is 5.82 Å². The highest BCUT2D eigenvalue weighted by Gasteiger charge is 2.10. The maximum Gasteiger partial charge on any atom is 0.258 e. The highest BCUT2D eigenvalue weighted by molar-refractivity contribution is 6.30. The first kappa shape index (κ1) is 15.6. The van der Waals surface area contributed by atoms with Crippen LogP contribution in [0.3, 0.4) is 0 Å². The first-order valence-corrected chi connectivity index (χ1v) is 7.58. The van der Waals surface area contributed by atoms with Gasteiger partial charge in [-0.15, -0.1) is 0 Å². The highest BCUT2D eigenvalue weighted by atomic mass is 35.5. The van der Waals surface area contributed by atoms with Crippen molar-refractivity contribution in [2.24, 2.45) is 0 Å². The van der Waals surface area contributed by atoms with Crippen LogP contribution in [0.1, 0.15) is 24.2 Å². The van der Waals surface area contributed by atoms with Crippen LogP contribution in [0.5, 0.6) is 0 Å². The number of nitrogens with zero attached hydrogens (tertiary/aromatic N) is 2. The van der Waals surface area contributed by atoms with Crippen LogP contribution < -0.4 is 10.9 Å². The fraction of sp³-hybridized carbons (Fsp3) is 0.176. The Hall–Kier alpha value is -2.24. The number of nitrogens with one attached hydrogen (secondary N) is 1. The molecule has 0 aliphatic rings. The lowest BCUT2D eigenvalue weighted by Gasteiger charge is -2.15. The molecule has 6 heteroatoms. The Morgan fingerprint density at radius 2 is 2.09 bits per heavy atom. The Labute approximate surface area is 137 Å². The van der Waals surface area contributed by atoms with Gasteiger partial charge in [0.1, 0.15) is 11.5 Å². The summed E-state index contributed by atoms with van der Waals surface area (Å²) in [6.07, 6.45) is 1.53. The Balaban J connectivity index is 1.81. The van der Waals surface area contributed by atoms with E-state index in [1.807, 2.05) is 6.92 Å². The van der Waals surface area contributed by atoms with Crippen LogP contribution in [0.25, 0.3) is 5.65 Å². The third-order valence-electron chi connectivity index (χ3n) is 3.64. The second-order valence-electron chi connectivity index (χ2n) is 5.29. The van der Waals surface area contributed by atoms with E-state index < -0.39 is 0 Å². The van der Waals surface area contributed by atoms with E-state index in [0.29, 0.717) is 28.5 Å². The van der Waals surface area contributed by atoms with Gasteiger partial charge in [-0.25, -0.2) is 9.37 Å². The summed E-state index contributed by atoms with van der Waals surface area (Å²) in [6, 6.07) is 11.2. The average Bonchev–Trinajstić information content (AvgIpc) is 2.54. The van der Waals surface area contributed by atoms with Gasteiger partial charge in [-0.3, -0.25) is 9.20 Å². The molecule has 1 unspecified atom stereocenters. The number of fused-ring (bicyclic) bond motifs is 1. The van der Waals surface area contributed by atoms with Gasteiger partial charge < -0.3 is 5.32 Å². The standard InChI is InChI=1S/C17H15ClFN3O/c1-11(14-4-2-3-5-15(14)19)20-9-13-8-17(23)22-10-12(18)6-7-16(22)21-13/h2-8,10-11,20H,9H2,1H3. The molecule has 1 aromatic carbocycles. The summed E-state index contributed by atoms with van der Waals surface area (Å²) < 4.78 is 15.1. The molecule has 3 aromatic rings. The Bertz CT molecular complexity index is 910. The van der Waals surface area contributed by atoms with Gasteiger partial charge in [0.15, 0.2) is 0 Å². The largest absolute Gasteiger partial charge is 0.304 e. The zero-order chi connectivity index (χ0) is 16.4. The van der Waals surface area contributed by atoms with Gasteiger partial charge in [-0.1, -0.05) is 29.8 Å². The van der Waals surface area contributed by atoms with Crippen LogP contribution in [-0.2, 0) is 6.54 Å². The van der Waals surface area contributed by atoms with E-state index in [-0.39, 0.29) is 17.4 Å². The van der Waals surface area contributed by atoms with Crippen molar-refractivity contribution in [1.82, 2.24) is 14.7 Å². The van der Waals surface area contributed by atoms with Crippen molar-refractivity contribution in [1.29, 1.82) is 0 Å². The van der Waals surface area contributed by atoms with Crippen molar-refractivity contribution >= 4 is 17.2 Å². The Kier molecular flexibility index (Phi) is 4.41. The molecular weight excluding hydrogens is 317 g/mol. The third kappa shape index (κ3) is 3.41. The first-order chi connectivity index (χ1) is 11.0. The maximum absolute atomic E-state index is 13.8. The lowest BCUT2D eigenvalue weighted by atomic mass is 10.1. The molecule has 4 nitrogen and oxygen atoms in total. The monoisotopic (exact) mass is 331 g/mol. The van der Waals surface area contributed by atoms with Gasteiger partial charge >= 0.3 is 0 Å². The Morgan fingerprint density at radius 1 is 1.30 bits per heavy atom. The van der Waals surface area contributed by atoms with Crippen molar-refractivity contribution < 1.29 is 4.39 Å². The van der Waals surface area contributed by atoms with E-state index in [1.54, 1.807) is 30.3 Å². The molecule has 1 atom stereocenters. The van der Waals surface area contributed by atoms with Crippen molar-refractivity contribution in [3.8, 4) is 0 Å². The van der Waals surface area contributed by atoms with Crippen LogP contribution in [0.4, 0.5) is 4.39 Å². The molecule has 0 amide bonds. The van der Waals surface area contributed by atoms with E-state index in [1.165, 1.54) is 22.7 Å². The van der Waals surface area contributed by atoms with Gasteiger partial charge in [0, 0.05) is 30.4 Å². The molecule has 2 heterocycles. The number of halogens is 2. The first-order valence-electron chi connectivity index (χ1n) is 7.20. The van der Waals surface area contributed by atoms with E-state index in [9.17, 15) is 9.18 Å². The lowest BCUT2D eigenvalue weighted by molar-refractivity contribution is 0.524. The van der Waals surface area contributed by atoms with Crippen LogP contribution in [0.15, 0.2) is 53.5 Å². The van der Waals surface area contributed by atoms with Crippen LogP contribution in [-0.4, -0.2) is 9.38 Å². The number of hydrogen-bond donors (Lipinski definition) is 1.